The lowest BCUT2D eigenvalue weighted by Crippen LogP contribution is -2.21. The molecule has 0 aliphatic carbocycles. The monoisotopic (exact) mass is 481 g/mol. The fourth-order valence-electron chi connectivity index (χ4n) is 3.54. The Bertz CT molecular complexity index is 1090. The lowest BCUT2D eigenvalue weighted by Gasteiger charge is -2.21. The van der Waals surface area contributed by atoms with Crippen molar-refractivity contribution >= 4 is 35.0 Å². The summed E-state index contributed by atoms with van der Waals surface area (Å²) in [6, 6.07) is 15.0. The van der Waals surface area contributed by atoms with Crippen LogP contribution in [0.25, 0.3) is 11.4 Å². The number of anilines is 2. The van der Waals surface area contributed by atoms with Crippen molar-refractivity contribution in [1.82, 2.24) is 14.8 Å². The summed E-state index contributed by atoms with van der Waals surface area (Å²) in [6.45, 7) is 11.0. The van der Waals surface area contributed by atoms with Crippen molar-refractivity contribution in [1.29, 1.82) is 0 Å². The van der Waals surface area contributed by atoms with Gasteiger partial charge in [0.25, 0.3) is 0 Å². The molecule has 0 unspecified atom stereocenters. The highest BCUT2D eigenvalue weighted by Gasteiger charge is 2.15. The van der Waals surface area contributed by atoms with Gasteiger partial charge in [-0.2, -0.15) is 0 Å². The summed E-state index contributed by atoms with van der Waals surface area (Å²) in [5.74, 6) is 0.433. The highest BCUT2D eigenvalue weighted by atomic mass is 32.2. The van der Waals surface area contributed by atoms with Crippen LogP contribution in [-0.4, -0.2) is 52.1 Å². The van der Waals surface area contributed by atoms with Gasteiger partial charge in [0.2, 0.25) is 5.91 Å². The fourth-order valence-corrected chi connectivity index (χ4v) is 4.34. The van der Waals surface area contributed by atoms with Gasteiger partial charge in [-0.25, -0.2) is 4.79 Å². The van der Waals surface area contributed by atoms with Crippen LogP contribution in [0.3, 0.4) is 0 Å². The van der Waals surface area contributed by atoms with Crippen LogP contribution in [0.1, 0.15) is 38.1 Å². The van der Waals surface area contributed by atoms with Crippen molar-refractivity contribution in [3.05, 3.63) is 54.1 Å². The maximum atomic E-state index is 12.5. The number of carbonyl (C=O) groups excluding carboxylic acids is 2. The van der Waals surface area contributed by atoms with E-state index in [4.69, 9.17) is 4.74 Å². The molecule has 1 N–H and O–H groups in total. The van der Waals surface area contributed by atoms with E-state index in [1.165, 1.54) is 17.4 Å². The normalized spacial score (nSPS) is 10.7. The van der Waals surface area contributed by atoms with Crippen LogP contribution in [0.5, 0.6) is 0 Å². The fraction of sp³-hybridized carbons (Fsp3) is 0.360. The Morgan fingerprint density at radius 2 is 1.65 bits per heavy atom. The molecule has 0 aliphatic heterocycles. The van der Waals surface area contributed by atoms with Crippen molar-refractivity contribution in [2.45, 2.75) is 39.4 Å². The van der Waals surface area contributed by atoms with Crippen molar-refractivity contribution in [2.24, 2.45) is 0 Å². The molecule has 1 heterocycles. The van der Waals surface area contributed by atoms with Crippen molar-refractivity contribution in [3.63, 3.8) is 0 Å². The quantitative estimate of drug-likeness (QED) is 0.313. The lowest BCUT2D eigenvalue weighted by atomic mass is 10.2. The molecule has 0 spiro atoms. The van der Waals surface area contributed by atoms with Gasteiger partial charge in [-0.3, -0.25) is 4.79 Å². The number of hydrogen-bond donors (Lipinski definition) is 1. The summed E-state index contributed by atoms with van der Waals surface area (Å²) >= 11 is 1.34. The molecule has 1 aromatic heterocycles. The minimum atomic E-state index is -0.381. The smallest absolute Gasteiger partial charge is 0.338 e. The van der Waals surface area contributed by atoms with Gasteiger partial charge in [0, 0.05) is 36.6 Å². The summed E-state index contributed by atoms with van der Waals surface area (Å²) in [6.07, 6.45) is 0. The molecule has 0 bridgehead atoms. The van der Waals surface area contributed by atoms with Gasteiger partial charge in [-0.15, -0.1) is 10.2 Å². The summed E-state index contributed by atoms with van der Waals surface area (Å²) in [4.78, 5) is 26.5. The third kappa shape index (κ3) is 6.17. The zero-order chi connectivity index (χ0) is 24.5. The van der Waals surface area contributed by atoms with E-state index in [-0.39, 0.29) is 17.6 Å². The van der Waals surface area contributed by atoms with Crippen LogP contribution in [0.2, 0.25) is 0 Å². The zero-order valence-corrected chi connectivity index (χ0v) is 20.9. The number of thioether (sulfide) groups is 1. The Kier molecular flexibility index (Phi) is 9.09. The van der Waals surface area contributed by atoms with Gasteiger partial charge in [-0.05, 0) is 76.2 Å². The number of ether oxygens (including phenoxy) is 1. The zero-order valence-electron chi connectivity index (χ0n) is 20.1. The molecule has 0 fully saturated rings. The second-order valence-electron chi connectivity index (χ2n) is 7.40. The second kappa shape index (κ2) is 12.2. The first-order valence-electron chi connectivity index (χ1n) is 11.5. The molecular weight excluding hydrogens is 450 g/mol. The molecule has 8 nitrogen and oxygen atoms in total. The second-order valence-corrected chi connectivity index (χ2v) is 8.35. The predicted molar refractivity (Wildman–Crippen MR) is 136 cm³/mol. The SMILES string of the molecule is CCOC(=O)c1ccc(NC(=O)CSc2nnc(-c3ccc(N(CC)CC)cc3)n2CC)cc1. The molecule has 34 heavy (non-hydrogen) atoms. The van der Waals surface area contributed by atoms with Crippen LogP contribution in [0.15, 0.2) is 53.7 Å². The molecule has 0 atom stereocenters. The van der Waals surface area contributed by atoms with E-state index in [0.29, 0.717) is 29.6 Å². The topological polar surface area (TPSA) is 89.3 Å². The maximum Gasteiger partial charge on any atom is 0.338 e. The molecule has 0 radical (unpaired) electrons. The first kappa shape index (κ1) is 25.3. The Labute approximate surface area is 204 Å². The van der Waals surface area contributed by atoms with E-state index in [0.717, 1.165) is 24.5 Å². The van der Waals surface area contributed by atoms with E-state index >= 15 is 0 Å². The van der Waals surface area contributed by atoms with E-state index in [1.54, 1.807) is 31.2 Å². The van der Waals surface area contributed by atoms with E-state index in [9.17, 15) is 9.59 Å². The minimum absolute atomic E-state index is 0.162. The molecule has 0 saturated carbocycles. The number of nitrogens with zero attached hydrogens (tertiary/aromatic N) is 4. The minimum Gasteiger partial charge on any atom is -0.462 e. The number of amides is 1. The van der Waals surface area contributed by atoms with Gasteiger partial charge in [0.1, 0.15) is 0 Å². The first-order valence-corrected chi connectivity index (χ1v) is 12.5. The number of esters is 1. The first-order chi connectivity index (χ1) is 16.5. The lowest BCUT2D eigenvalue weighted by molar-refractivity contribution is -0.113. The van der Waals surface area contributed by atoms with Crippen molar-refractivity contribution in [2.75, 3.05) is 35.7 Å². The molecule has 1 amide bonds. The highest BCUT2D eigenvalue weighted by Crippen LogP contribution is 2.26. The summed E-state index contributed by atoms with van der Waals surface area (Å²) in [7, 11) is 0. The van der Waals surface area contributed by atoms with Crippen LogP contribution in [-0.2, 0) is 16.1 Å². The number of aromatic nitrogens is 3. The van der Waals surface area contributed by atoms with Gasteiger partial charge < -0.3 is 19.5 Å². The number of hydrogen-bond acceptors (Lipinski definition) is 7. The maximum absolute atomic E-state index is 12.5. The number of carbonyl (C=O) groups is 2. The van der Waals surface area contributed by atoms with E-state index in [1.807, 2.05) is 11.5 Å². The van der Waals surface area contributed by atoms with Crippen molar-refractivity contribution < 1.29 is 14.3 Å². The third-order valence-corrected chi connectivity index (χ3v) is 6.27. The van der Waals surface area contributed by atoms with Gasteiger partial charge in [0.05, 0.1) is 17.9 Å². The van der Waals surface area contributed by atoms with E-state index in [2.05, 4.69) is 58.5 Å². The standard InChI is InChI=1S/C25H31N5O3S/c1-5-29(6-2)21-15-11-18(12-16-21)23-27-28-25(30(23)7-3)34-17-22(31)26-20-13-9-19(10-14-20)24(32)33-8-4/h9-16H,5-8,17H2,1-4H3,(H,26,31). The predicted octanol–water partition coefficient (Wildman–Crippen LogP) is 4.72. The van der Waals surface area contributed by atoms with Crippen LogP contribution in [0, 0.1) is 0 Å². The van der Waals surface area contributed by atoms with Crippen LogP contribution in [0.4, 0.5) is 11.4 Å². The molecule has 180 valence electrons. The number of rotatable bonds is 11. The Morgan fingerprint density at radius 1 is 0.971 bits per heavy atom. The highest BCUT2D eigenvalue weighted by molar-refractivity contribution is 7.99. The van der Waals surface area contributed by atoms with Gasteiger partial charge >= 0.3 is 5.97 Å². The molecule has 9 heteroatoms. The molecule has 0 saturated heterocycles. The molecule has 0 aliphatic rings. The van der Waals surface area contributed by atoms with Gasteiger partial charge in [0.15, 0.2) is 11.0 Å². The Morgan fingerprint density at radius 3 is 2.24 bits per heavy atom. The van der Waals surface area contributed by atoms with Crippen LogP contribution < -0.4 is 10.2 Å². The number of benzene rings is 2. The average Bonchev–Trinajstić information content (AvgIpc) is 3.27. The Balaban J connectivity index is 1.62. The van der Waals surface area contributed by atoms with Crippen LogP contribution >= 0.6 is 11.8 Å². The third-order valence-electron chi connectivity index (χ3n) is 5.30. The van der Waals surface area contributed by atoms with E-state index < -0.39 is 0 Å². The van der Waals surface area contributed by atoms with Gasteiger partial charge in [-0.1, -0.05) is 11.8 Å². The summed E-state index contributed by atoms with van der Waals surface area (Å²) < 4.78 is 6.98. The molecule has 2 aromatic carbocycles. The van der Waals surface area contributed by atoms with Crippen molar-refractivity contribution in [3.8, 4) is 11.4 Å². The molecular formula is C25H31N5O3S. The average molecular weight is 482 g/mol. The largest absolute Gasteiger partial charge is 0.462 e. The summed E-state index contributed by atoms with van der Waals surface area (Å²) in [5.41, 5.74) is 3.23. The molecule has 3 aromatic rings. The summed E-state index contributed by atoms with van der Waals surface area (Å²) in [5, 5.41) is 12.2. The molecule has 3 rings (SSSR count). The number of nitrogens with one attached hydrogen (secondary N) is 1. The Hall–Kier alpha value is -3.33.